The van der Waals surface area contributed by atoms with Crippen molar-refractivity contribution in [3.8, 4) is 39.1 Å². The van der Waals surface area contributed by atoms with Crippen LogP contribution in [0.15, 0.2) is 150 Å². The zero-order valence-corrected chi connectivity index (χ0v) is 40.5. The van der Waals surface area contributed by atoms with E-state index in [0.717, 1.165) is 58.0 Å². The van der Waals surface area contributed by atoms with Crippen molar-refractivity contribution in [3.63, 3.8) is 0 Å². The quantitative estimate of drug-likeness (QED) is 0.122. The number of rotatable bonds is 8. The molecule has 68 heavy (non-hydrogen) atoms. The Hall–Kier alpha value is -6.78. The van der Waals surface area contributed by atoms with E-state index < -0.39 is 0 Å². The molecule has 333 valence electrons. The molecular formula is C64H58BN2O. The summed E-state index contributed by atoms with van der Waals surface area (Å²) >= 11 is 0. The van der Waals surface area contributed by atoms with Crippen LogP contribution in [-0.4, -0.2) is 11.8 Å². The number of hydrogen-bond acceptors (Lipinski definition) is 2. The van der Waals surface area contributed by atoms with Gasteiger partial charge in [0.05, 0.1) is 5.52 Å². The first-order valence-electron chi connectivity index (χ1n) is 25.1. The Balaban J connectivity index is 1.13. The van der Waals surface area contributed by atoms with Crippen molar-refractivity contribution in [1.29, 1.82) is 0 Å². The highest BCUT2D eigenvalue weighted by Gasteiger charge is 2.40. The summed E-state index contributed by atoms with van der Waals surface area (Å²) in [7, 11) is 2.46. The van der Waals surface area contributed by atoms with Crippen molar-refractivity contribution in [2.45, 2.75) is 103 Å². The van der Waals surface area contributed by atoms with Crippen LogP contribution in [-0.2, 0) is 22.7 Å². The smallest absolute Gasteiger partial charge is 0.198 e. The lowest BCUT2D eigenvalue weighted by Gasteiger charge is -2.42. The van der Waals surface area contributed by atoms with Gasteiger partial charge in [0.1, 0.15) is 11.2 Å². The molecule has 0 amide bonds. The number of fused-ring (bicyclic) bond motifs is 12. The first-order valence-corrected chi connectivity index (χ1v) is 25.1. The van der Waals surface area contributed by atoms with Crippen LogP contribution in [0.4, 0.5) is 11.4 Å². The van der Waals surface area contributed by atoms with Crippen molar-refractivity contribution in [1.82, 2.24) is 4.57 Å². The lowest BCUT2D eigenvalue weighted by atomic mass is 9.58. The third-order valence-electron chi connectivity index (χ3n) is 16.5. The number of aryl methyl sites for hydroxylation is 1. The van der Waals surface area contributed by atoms with Gasteiger partial charge in [-0.2, -0.15) is 0 Å². The molecule has 3 heterocycles. The Kier molecular flexibility index (Phi) is 9.05. The van der Waals surface area contributed by atoms with Crippen LogP contribution in [0.3, 0.4) is 0 Å². The topological polar surface area (TPSA) is 30.1 Å². The zero-order chi connectivity index (χ0) is 46.3. The predicted octanol–water partition coefficient (Wildman–Crippen LogP) is 16.1. The van der Waals surface area contributed by atoms with Gasteiger partial charge in [-0.1, -0.05) is 152 Å². The third kappa shape index (κ3) is 6.11. The number of para-hydroxylation sites is 2. The molecular weight excluding hydrogens is 824 g/mol. The van der Waals surface area contributed by atoms with Crippen LogP contribution in [0.5, 0.6) is 0 Å². The van der Waals surface area contributed by atoms with E-state index >= 15 is 0 Å². The van der Waals surface area contributed by atoms with Gasteiger partial charge < -0.3 is 14.3 Å². The van der Waals surface area contributed by atoms with Crippen molar-refractivity contribution in [3.05, 3.63) is 173 Å². The maximum Gasteiger partial charge on any atom is 0.198 e. The zero-order valence-electron chi connectivity index (χ0n) is 40.5. The summed E-state index contributed by atoms with van der Waals surface area (Å²) in [6.07, 6.45) is 7.16. The Morgan fingerprint density at radius 2 is 1.29 bits per heavy atom. The van der Waals surface area contributed by atoms with Gasteiger partial charge in [-0.05, 0) is 158 Å². The normalized spacial score (nSPS) is 15.9. The third-order valence-corrected chi connectivity index (χ3v) is 16.5. The molecule has 1 aliphatic heterocycles. The van der Waals surface area contributed by atoms with Gasteiger partial charge in [-0.25, -0.2) is 0 Å². The fourth-order valence-corrected chi connectivity index (χ4v) is 12.6. The van der Waals surface area contributed by atoms with Crippen LogP contribution in [0.2, 0.25) is 0 Å². The summed E-state index contributed by atoms with van der Waals surface area (Å²) in [5, 5.41) is 8.85. The molecule has 10 aromatic rings. The van der Waals surface area contributed by atoms with E-state index in [-0.39, 0.29) is 16.2 Å². The minimum Gasteiger partial charge on any atom is -0.456 e. The average Bonchev–Trinajstić information content (AvgIpc) is 3.96. The highest BCUT2D eigenvalue weighted by Crippen LogP contribution is 2.53. The molecule has 0 unspecified atom stereocenters. The summed E-state index contributed by atoms with van der Waals surface area (Å²) in [6, 6.07) is 55.3. The van der Waals surface area contributed by atoms with Gasteiger partial charge in [0.2, 0.25) is 0 Å². The van der Waals surface area contributed by atoms with E-state index in [4.69, 9.17) is 4.42 Å². The Labute approximate surface area is 401 Å². The highest BCUT2D eigenvalue weighted by molar-refractivity contribution is 6.74. The number of nitrogens with one attached hydrogen (secondary N) is 1. The van der Waals surface area contributed by atoms with Gasteiger partial charge in [-0.15, -0.1) is 0 Å². The standard InChI is InChI=1S/C64H58BN2O/c1-8-9-10-17-38-24-27-40(28-25-38)66-54-22-15-12-19-43(54)47-33-45(39-26-29-42-41-18-11-14-21-49(41)64(6,7)50(42)32-39)59-48-34-51-52(63(4,5)31-30-62(51,2)3)36-55(48)67-56-35-46-44-20-13-16-23-57(44)68-58(46)37-53(56)65-60(47)61(59)67/h11-16,18-29,32-37,66H,8-10,17,30-31H2,1-7H3. The predicted molar refractivity (Wildman–Crippen MR) is 290 cm³/mol. The molecule has 0 fully saturated rings. The lowest BCUT2D eigenvalue weighted by Crippen LogP contribution is -2.37. The molecule has 3 aliphatic rings. The first-order chi connectivity index (χ1) is 32.9. The molecule has 0 saturated heterocycles. The summed E-state index contributed by atoms with van der Waals surface area (Å²) in [5.41, 5.74) is 24.8. The van der Waals surface area contributed by atoms with Gasteiger partial charge >= 0.3 is 0 Å². The molecule has 13 rings (SSSR count). The molecule has 0 bridgehead atoms. The van der Waals surface area contributed by atoms with Gasteiger partial charge in [0.25, 0.3) is 0 Å². The molecule has 3 nitrogen and oxygen atoms in total. The van der Waals surface area contributed by atoms with Gasteiger partial charge in [0.15, 0.2) is 7.28 Å². The summed E-state index contributed by atoms with van der Waals surface area (Å²) < 4.78 is 9.26. The fourth-order valence-electron chi connectivity index (χ4n) is 12.6. The Bertz CT molecular complexity index is 3730. The Morgan fingerprint density at radius 1 is 0.574 bits per heavy atom. The molecule has 1 N–H and O–H groups in total. The molecule has 0 saturated carbocycles. The molecule has 4 heteroatoms. The van der Waals surface area contributed by atoms with E-state index in [1.54, 1.807) is 0 Å². The maximum atomic E-state index is 6.62. The van der Waals surface area contributed by atoms with Crippen LogP contribution in [0.25, 0.3) is 82.8 Å². The number of aromatic nitrogens is 1. The van der Waals surface area contributed by atoms with Crippen LogP contribution < -0.4 is 16.2 Å². The number of furan rings is 1. The van der Waals surface area contributed by atoms with E-state index in [0.29, 0.717) is 0 Å². The molecule has 0 spiro atoms. The number of nitrogens with zero attached hydrogens (tertiary/aromatic N) is 1. The maximum absolute atomic E-state index is 6.62. The highest BCUT2D eigenvalue weighted by atomic mass is 16.3. The first kappa shape index (κ1) is 41.4. The van der Waals surface area contributed by atoms with Gasteiger partial charge in [0, 0.05) is 55.1 Å². The molecule has 2 aliphatic carbocycles. The molecule has 1 radical (unpaired) electrons. The number of hydrogen-bond donors (Lipinski definition) is 1. The lowest BCUT2D eigenvalue weighted by molar-refractivity contribution is 0.332. The van der Waals surface area contributed by atoms with E-state index in [1.807, 2.05) is 0 Å². The molecule has 0 atom stereocenters. The number of benzene rings is 8. The van der Waals surface area contributed by atoms with Crippen molar-refractivity contribution in [2.75, 3.05) is 5.32 Å². The monoisotopic (exact) mass is 881 g/mol. The van der Waals surface area contributed by atoms with E-state index in [1.165, 1.54) is 113 Å². The van der Waals surface area contributed by atoms with E-state index in [2.05, 4.69) is 211 Å². The SMILES string of the molecule is CCCCCc1ccc(Nc2ccccc2-c2cc(-c3ccc4c(c3)C(C)(C)c3ccccc3-4)c3c4cc5c(cc4n4c3c2[B]c2cc3oc6ccccc6c3cc2-4)C(C)(C)CCC5(C)C)cc1. The van der Waals surface area contributed by atoms with Crippen LogP contribution in [0, 0.1) is 0 Å². The summed E-state index contributed by atoms with van der Waals surface area (Å²) in [4.78, 5) is 0. The minimum atomic E-state index is -0.133. The Morgan fingerprint density at radius 3 is 2.10 bits per heavy atom. The largest absolute Gasteiger partial charge is 0.456 e. The van der Waals surface area contributed by atoms with Crippen LogP contribution in [0.1, 0.15) is 108 Å². The summed E-state index contributed by atoms with van der Waals surface area (Å²) in [6.45, 7) is 16.9. The fraction of sp³-hybridized carbons (Fsp3) is 0.250. The van der Waals surface area contributed by atoms with Crippen molar-refractivity contribution >= 4 is 73.3 Å². The van der Waals surface area contributed by atoms with Gasteiger partial charge in [-0.3, -0.25) is 0 Å². The van der Waals surface area contributed by atoms with Crippen molar-refractivity contribution < 1.29 is 4.42 Å². The van der Waals surface area contributed by atoms with Crippen LogP contribution >= 0.6 is 0 Å². The van der Waals surface area contributed by atoms with E-state index in [9.17, 15) is 0 Å². The minimum absolute atomic E-state index is 0.0415. The number of unbranched alkanes of at least 4 members (excludes halogenated alkanes) is 2. The number of anilines is 2. The molecule has 2 aromatic heterocycles. The second kappa shape index (κ2) is 14.9. The van der Waals surface area contributed by atoms with Crippen molar-refractivity contribution in [2.24, 2.45) is 0 Å². The summed E-state index contributed by atoms with van der Waals surface area (Å²) in [5.74, 6) is 0. The second-order valence-electron chi connectivity index (χ2n) is 22.0. The molecule has 8 aromatic carbocycles. The second-order valence-corrected chi connectivity index (χ2v) is 22.0. The average molecular weight is 882 g/mol.